The van der Waals surface area contributed by atoms with E-state index in [2.05, 4.69) is 27.2 Å². The van der Waals surface area contributed by atoms with Gasteiger partial charge in [-0.15, -0.1) is 0 Å². The summed E-state index contributed by atoms with van der Waals surface area (Å²) >= 11 is 0. The molecule has 0 saturated carbocycles. The molecule has 1 saturated heterocycles. The van der Waals surface area contributed by atoms with Gasteiger partial charge in [0.25, 0.3) is 0 Å². The molecule has 0 aromatic carbocycles. The Morgan fingerprint density at radius 1 is 1.53 bits per heavy atom. The predicted octanol–water partition coefficient (Wildman–Crippen LogP) is 0.830. The summed E-state index contributed by atoms with van der Waals surface area (Å²) in [6.45, 7) is 6.86. The number of carbonyl (C=O) groups excluding carboxylic acids is 1. The monoisotopic (exact) mass is 265 g/mol. The molecule has 2 heterocycles. The zero-order chi connectivity index (χ0) is 13.7. The van der Waals surface area contributed by atoms with E-state index in [4.69, 9.17) is 0 Å². The number of carbonyl (C=O) groups is 1. The Balaban J connectivity index is 1.71. The van der Waals surface area contributed by atoms with Crippen LogP contribution in [0.5, 0.6) is 0 Å². The van der Waals surface area contributed by atoms with Crippen LogP contribution in [-0.4, -0.2) is 51.2 Å². The van der Waals surface area contributed by atoms with Crippen LogP contribution in [0.4, 0.5) is 0 Å². The first-order valence-electron chi connectivity index (χ1n) is 7.04. The molecule has 19 heavy (non-hydrogen) atoms. The molecule has 2 atom stereocenters. The van der Waals surface area contributed by atoms with E-state index in [0.717, 1.165) is 13.1 Å². The molecule has 6 nitrogen and oxygen atoms in total. The summed E-state index contributed by atoms with van der Waals surface area (Å²) in [6, 6.07) is 0.333. The van der Waals surface area contributed by atoms with Crippen molar-refractivity contribution in [3.8, 4) is 0 Å². The Morgan fingerprint density at radius 2 is 2.37 bits per heavy atom. The number of likely N-dealkylation sites (tertiary alicyclic amines) is 1. The average Bonchev–Trinajstić information content (AvgIpc) is 2.94. The van der Waals surface area contributed by atoms with Gasteiger partial charge in [-0.3, -0.25) is 9.69 Å². The first-order valence-corrected chi connectivity index (χ1v) is 7.04. The second-order valence-corrected chi connectivity index (χ2v) is 5.22. The van der Waals surface area contributed by atoms with E-state index in [0.29, 0.717) is 12.6 Å². The second kappa shape index (κ2) is 6.65. The number of nitrogens with zero attached hydrogens (tertiary/aromatic N) is 4. The van der Waals surface area contributed by atoms with E-state index < -0.39 is 0 Å². The van der Waals surface area contributed by atoms with Gasteiger partial charge in [0.1, 0.15) is 18.7 Å². The summed E-state index contributed by atoms with van der Waals surface area (Å²) in [6.07, 6.45) is 6.88. The van der Waals surface area contributed by atoms with Gasteiger partial charge in [0, 0.05) is 19.1 Å². The fraction of sp³-hybridized carbons (Fsp3) is 0.769. The highest BCUT2D eigenvalue weighted by molar-refractivity contribution is 5.79. The summed E-state index contributed by atoms with van der Waals surface area (Å²) in [5, 5.41) is 6.95. The van der Waals surface area contributed by atoms with Gasteiger partial charge in [0.15, 0.2) is 0 Å². The molecule has 1 aliphatic rings. The van der Waals surface area contributed by atoms with Gasteiger partial charge < -0.3 is 5.32 Å². The smallest absolute Gasteiger partial charge is 0.244 e. The molecule has 0 unspecified atom stereocenters. The molecule has 2 rings (SSSR count). The Kier molecular flexibility index (Phi) is 4.90. The van der Waals surface area contributed by atoms with Gasteiger partial charge in [-0.1, -0.05) is 6.42 Å². The second-order valence-electron chi connectivity index (χ2n) is 5.22. The number of amides is 1. The van der Waals surface area contributed by atoms with Crippen LogP contribution >= 0.6 is 0 Å². The topological polar surface area (TPSA) is 63.1 Å². The van der Waals surface area contributed by atoms with Crippen molar-refractivity contribution in [2.45, 2.75) is 45.2 Å². The molecular weight excluding hydrogens is 242 g/mol. The molecular formula is C13H23N5O. The Bertz CT molecular complexity index is 392. The minimum absolute atomic E-state index is 0.00448. The number of piperidine rings is 1. The molecule has 106 valence electrons. The molecule has 0 radical (unpaired) electrons. The van der Waals surface area contributed by atoms with E-state index >= 15 is 0 Å². The van der Waals surface area contributed by atoms with Crippen LogP contribution in [-0.2, 0) is 4.79 Å². The van der Waals surface area contributed by atoms with Crippen molar-refractivity contribution in [2.75, 3.05) is 19.6 Å². The van der Waals surface area contributed by atoms with Crippen LogP contribution in [0.15, 0.2) is 12.7 Å². The van der Waals surface area contributed by atoms with Gasteiger partial charge in [-0.25, -0.2) is 9.67 Å². The number of hydrogen-bond donors (Lipinski definition) is 1. The molecule has 0 spiro atoms. The van der Waals surface area contributed by atoms with Crippen LogP contribution in [0.25, 0.3) is 0 Å². The maximum absolute atomic E-state index is 11.9. The van der Waals surface area contributed by atoms with Gasteiger partial charge in [-0.2, -0.15) is 5.10 Å². The first-order chi connectivity index (χ1) is 9.18. The third-order valence-electron chi connectivity index (χ3n) is 3.85. The van der Waals surface area contributed by atoms with Crippen LogP contribution in [0.1, 0.15) is 39.2 Å². The van der Waals surface area contributed by atoms with Gasteiger partial charge in [-0.05, 0) is 33.2 Å². The highest BCUT2D eigenvalue weighted by Gasteiger charge is 2.19. The minimum atomic E-state index is -0.304. The zero-order valence-electron chi connectivity index (χ0n) is 11.7. The summed E-state index contributed by atoms with van der Waals surface area (Å²) in [4.78, 5) is 18.2. The lowest BCUT2D eigenvalue weighted by Crippen LogP contribution is -2.43. The Labute approximate surface area is 114 Å². The summed E-state index contributed by atoms with van der Waals surface area (Å²) in [5.41, 5.74) is 0. The Hall–Kier alpha value is -1.43. The molecule has 1 aliphatic heterocycles. The van der Waals surface area contributed by atoms with Gasteiger partial charge in [0.2, 0.25) is 5.91 Å². The van der Waals surface area contributed by atoms with E-state index in [1.54, 1.807) is 11.0 Å². The molecule has 1 amide bonds. The van der Waals surface area contributed by atoms with Crippen molar-refractivity contribution in [1.82, 2.24) is 25.0 Å². The quantitative estimate of drug-likeness (QED) is 0.856. The van der Waals surface area contributed by atoms with Gasteiger partial charge in [0.05, 0.1) is 0 Å². The maximum atomic E-state index is 11.9. The fourth-order valence-electron chi connectivity index (χ4n) is 2.50. The van der Waals surface area contributed by atoms with Crippen molar-refractivity contribution in [3.05, 3.63) is 12.7 Å². The molecule has 0 bridgehead atoms. The van der Waals surface area contributed by atoms with Crippen LogP contribution < -0.4 is 5.32 Å². The summed E-state index contributed by atoms with van der Waals surface area (Å²) < 4.78 is 1.57. The highest BCUT2D eigenvalue weighted by atomic mass is 16.2. The van der Waals surface area contributed by atoms with Crippen molar-refractivity contribution in [1.29, 1.82) is 0 Å². The van der Waals surface area contributed by atoms with E-state index in [1.807, 2.05) is 6.92 Å². The van der Waals surface area contributed by atoms with E-state index in [1.165, 1.54) is 25.6 Å². The van der Waals surface area contributed by atoms with Crippen LogP contribution in [0.3, 0.4) is 0 Å². The third kappa shape index (κ3) is 3.76. The van der Waals surface area contributed by atoms with Crippen molar-refractivity contribution in [3.63, 3.8) is 0 Å². The first kappa shape index (κ1) is 14.0. The summed E-state index contributed by atoms with van der Waals surface area (Å²) in [5.74, 6) is -0.00448. The SMILES string of the molecule is C[C@@H]1CCCCN1CCNC(=O)[C@@H](C)n1cncn1. The lowest BCUT2D eigenvalue weighted by Gasteiger charge is -2.33. The fourth-order valence-corrected chi connectivity index (χ4v) is 2.50. The van der Waals surface area contributed by atoms with Crippen LogP contribution in [0.2, 0.25) is 0 Å². The average molecular weight is 265 g/mol. The molecule has 0 aliphatic carbocycles. The molecule has 1 aromatic rings. The van der Waals surface area contributed by atoms with E-state index in [9.17, 15) is 4.79 Å². The standard InChI is InChI=1S/C13H23N5O/c1-11-5-3-4-7-17(11)8-6-15-13(19)12(2)18-10-14-9-16-18/h9-12H,3-8H2,1-2H3,(H,15,19)/t11-,12-/m1/s1. The number of hydrogen-bond acceptors (Lipinski definition) is 4. The number of rotatable bonds is 5. The molecule has 1 N–H and O–H groups in total. The summed E-state index contributed by atoms with van der Waals surface area (Å²) in [7, 11) is 0. The van der Waals surface area contributed by atoms with Gasteiger partial charge >= 0.3 is 0 Å². The normalized spacial score (nSPS) is 22.1. The largest absolute Gasteiger partial charge is 0.353 e. The zero-order valence-corrected chi connectivity index (χ0v) is 11.7. The van der Waals surface area contributed by atoms with Crippen LogP contribution in [0, 0.1) is 0 Å². The lowest BCUT2D eigenvalue weighted by molar-refractivity contribution is -0.124. The number of nitrogens with one attached hydrogen (secondary N) is 1. The molecule has 6 heteroatoms. The molecule has 1 aromatic heterocycles. The number of aromatic nitrogens is 3. The highest BCUT2D eigenvalue weighted by Crippen LogP contribution is 2.15. The van der Waals surface area contributed by atoms with Crippen molar-refractivity contribution < 1.29 is 4.79 Å². The predicted molar refractivity (Wildman–Crippen MR) is 72.6 cm³/mol. The minimum Gasteiger partial charge on any atom is -0.353 e. The third-order valence-corrected chi connectivity index (χ3v) is 3.85. The lowest BCUT2D eigenvalue weighted by atomic mass is 10.0. The maximum Gasteiger partial charge on any atom is 0.244 e. The van der Waals surface area contributed by atoms with Crippen molar-refractivity contribution in [2.24, 2.45) is 0 Å². The molecule has 1 fully saturated rings. The Morgan fingerprint density at radius 3 is 3.05 bits per heavy atom. The van der Waals surface area contributed by atoms with Crippen molar-refractivity contribution >= 4 is 5.91 Å². The van der Waals surface area contributed by atoms with E-state index in [-0.39, 0.29) is 11.9 Å².